The monoisotopic (exact) mass is 396 g/mol. The highest BCUT2D eigenvalue weighted by Crippen LogP contribution is 2.18. The van der Waals surface area contributed by atoms with E-state index >= 15 is 0 Å². The van der Waals surface area contributed by atoms with Gasteiger partial charge in [-0.15, -0.1) is 0 Å². The van der Waals surface area contributed by atoms with Crippen molar-refractivity contribution in [3.8, 4) is 5.75 Å². The van der Waals surface area contributed by atoms with Gasteiger partial charge in [-0.3, -0.25) is 14.4 Å². The molecule has 0 aromatic heterocycles. The topological polar surface area (TPSA) is 84.5 Å². The highest BCUT2D eigenvalue weighted by atomic mass is 16.5. The van der Waals surface area contributed by atoms with Gasteiger partial charge in [-0.1, -0.05) is 47.5 Å². The number of hydrogen-bond donors (Lipinski definition) is 2. The van der Waals surface area contributed by atoms with E-state index < -0.39 is 0 Å². The quantitative estimate of drug-likeness (QED) is 0.478. The molecule has 0 aliphatic heterocycles. The summed E-state index contributed by atoms with van der Waals surface area (Å²) < 4.78 is 5.51. The number of carbonyl (C=O) groups excluding carboxylic acids is 3. The third-order valence-electron chi connectivity index (χ3n) is 4.41. The summed E-state index contributed by atoms with van der Waals surface area (Å²) >= 11 is 0. The van der Waals surface area contributed by atoms with Gasteiger partial charge in [-0.05, 0) is 32.4 Å². The minimum atomic E-state index is -0.256. The summed E-state index contributed by atoms with van der Waals surface area (Å²) in [5.74, 6) is 0.148. The average Bonchev–Trinajstić information content (AvgIpc) is 2.69. The Morgan fingerprint density at radius 2 is 1.41 bits per heavy atom. The summed E-state index contributed by atoms with van der Waals surface area (Å²) in [6.45, 7) is 6.40. The van der Waals surface area contributed by atoms with Gasteiger partial charge < -0.3 is 15.4 Å². The zero-order valence-electron chi connectivity index (χ0n) is 17.2. The Labute approximate surface area is 171 Å². The summed E-state index contributed by atoms with van der Waals surface area (Å²) in [7, 11) is 0. The number of rotatable bonds is 10. The number of ketones is 1. The second-order valence-corrected chi connectivity index (χ2v) is 7.05. The van der Waals surface area contributed by atoms with Crippen LogP contribution >= 0.6 is 0 Å². The lowest BCUT2D eigenvalue weighted by molar-refractivity contribution is -0.124. The van der Waals surface area contributed by atoms with Crippen LogP contribution in [0.1, 0.15) is 39.9 Å². The number of Topliss-reactive ketones (excluding diaryl/α,β-unsaturated/α-hetero) is 1. The highest BCUT2D eigenvalue weighted by molar-refractivity contribution is 5.97. The minimum Gasteiger partial charge on any atom is -0.484 e. The second-order valence-electron chi connectivity index (χ2n) is 7.05. The fourth-order valence-corrected chi connectivity index (χ4v) is 2.76. The van der Waals surface area contributed by atoms with Crippen LogP contribution in [-0.2, 0) is 9.59 Å². The van der Waals surface area contributed by atoms with Crippen molar-refractivity contribution >= 4 is 17.6 Å². The molecule has 0 spiro atoms. The summed E-state index contributed by atoms with van der Waals surface area (Å²) in [6, 6.07) is 13.1. The standard InChI is InChI=1S/C23H28N2O4/c1-16-4-7-19(8-5-16)20(26)9-11-22(27)24-12-13-25-23(28)15-29-21-10-6-17(2)14-18(21)3/h4-8,10,14H,9,11-13,15H2,1-3H3,(H,24,27)(H,25,28). The molecule has 2 amide bonds. The Morgan fingerprint density at radius 1 is 0.793 bits per heavy atom. The number of carbonyl (C=O) groups is 3. The minimum absolute atomic E-state index is 0.0583. The molecule has 29 heavy (non-hydrogen) atoms. The van der Waals surface area contributed by atoms with Crippen molar-refractivity contribution < 1.29 is 19.1 Å². The molecule has 2 N–H and O–H groups in total. The second kappa shape index (κ2) is 11.0. The number of amides is 2. The summed E-state index contributed by atoms with van der Waals surface area (Å²) in [6.07, 6.45) is 0.279. The molecule has 0 saturated heterocycles. The first-order valence-electron chi connectivity index (χ1n) is 9.68. The molecule has 6 heteroatoms. The zero-order chi connectivity index (χ0) is 21.2. The van der Waals surface area contributed by atoms with Crippen molar-refractivity contribution in [2.45, 2.75) is 33.6 Å². The van der Waals surface area contributed by atoms with Crippen LogP contribution in [0.2, 0.25) is 0 Å². The Morgan fingerprint density at radius 3 is 2.07 bits per heavy atom. The van der Waals surface area contributed by atoms with Crippen molar-refractivity contribution in [3.63, 3.8) is 0 Å². The van der Waals surface area contributed by atoms with Gasteiger partial charge in [-0.2, -0.15) is 0 Å². The van der Waals surface area contributed by atoms with Crippen molar-refractivity contribution in [2.75, 3.05) is 19.7 Å². The Balaban J connectivity index is 1.59. The molecule has 0 fully saturated rings. The highest BCUT2D eigenvalue weighted by Gasteiger charge is 2.09. The Hall–Kier alpha value is -3.15. The van der Waals surface area contributed by atoms with E-state index in [2.05, 4.69) is 10.6 Å². The molecule has 0 radical (unpaired) electrons. The first-order valence-corrected chi connectivity index (χ1v) is 9.68. The lowest BCUT2D eigenvalue weighted by atomic mass is 10.1. The van der Waals surface area contributed by atoms with Gasteiger partial charge in [0.15, 0.2) is 12.4 Å². The summed E-state index contributed by atoms with van der Waals surface area (Å²) in [4.78, 5) is 35.8. The van der Waals surface area contributed by atoms with Gasteiger partial charge in [0.2, 0.25) is 5.91 Å². The van der Waals surface area contributed by atoms with Crippen LogP contribution in [-0.4, -0.2) is 37.3 Å². The molecule has 2 rings (SSSR count). The van der Waals surface area contributed by atoms with Gasteiger partial charge in [0.25, 0.3) is 5.91 Å². The molecule has 0 atom stereocenters. The lowest BCUT2D eigenvalue weighted by Gasteiger charge is -2.10. The van der Waals surface area contributed by atoms with Crippen molar-refractivity contribution in [1.82, 2.24) is 10.6 Å². The maximum atomic E-state index is 12.1. The molecule has 0 aliphatic carbocycles. The smallest absolute Gasteiger partial charge is 0.258 e. The van der Waals surface area contributed by atoms with E-state index in [-0.39, 0.29) is 37.0 Å². The summed E-state index contributed by atoms with van der Waals surface area (Å²) in [5, 5.41) is 5.39. The molecule has 0 heterocycles. The van der Waals surface area contributed by atoms with Crippen LogP contribution in [0.25, 0.3) is 0 Å². The molecule has 0 aliphatic rings. The molecule has 6 nitrogen and oxygen atoms in total. The maximum Gasteiger partial charge on any atom is 0.258 e. The van der Waals surface area contributed by atoms with E-state index in [4.69, 9.17) is 4.74 Å². The predicted octanol–water partition coefficient (Wildman–Crippen LogP) is 2.89. The van der Waals surface area contributed by atoms with Gasteiger partial charge in [0.1, 0.15) is 5.75 Å². The largest absolute Gasteiger partial charge is 0.484 e. The molecule has 2 aromatic rings. The fraction of sp³-hybridized carbons (Fsp3) is 0.348. The number of nitrogens with one attached hydrogen (secondary N) is 2. The van der Waals surface area contributed by atoms with Crippen LogP contribution in [0, 0.1) is 20.8 Å². The van der Waals surface area contributed by atoms with Crippen LogP contribution in [0.5, 0.6) is 5.75 Å². The van der Waals surface area contributed by atoms with Gasteiger partial charge >= 0.3 is 0 Å². The molecule has 154 valence electrons. The van der Waals surface area contributed by atoms with Crippen LogP contribution in [0.3, 0.4) is 0 Å². The van der Waals surface area contributed by atoms with Gasteiger partial charge in [0, 0.05) is 31.5 Å². The fourth-order valence-electron chi connectivity index (χ4n) is 2.76. The number of aryl methyl sites for hydroxylation is 3. The SMILES string of the molecule is Cc1ccc(C(=O)CCC(=O)NCCNC(=O)COc2ccc(C)cc2C)cc1. The number of hydrogen-bond acceptors (Lipinski definition) is 4. The Kier molecular flexibility index (Phi) is 8.40. The van der Waals surface area contributed by atoms with E-state index in [1.165, 1.54) is 0 Å². The molecule has 0 unspecified atom stereocenters. The normalized spacial score (nSPS) is 10.3. The van der Waals surface area contributed by atoms with Crippen LogP contribution in [0.15, 0.2) is 42.5 Å². The van der Waals surface area contributed by atoms with E-state index in [0.717, 1.165) is 16.7 Å². The maximum absolute atomic E-state index is 12.1. The predicted molar refractivity (Wildman–Crippen MR) is 112 cm³/mol. The van der Waals surface area contributed by atoms with E-state index in [0.29, 0.717) is 24.4 Å². The van der Waals surface area contributed by atoms with Gasteiger partial charge in [-0.25, -0.2) is 0 Å². The van der Waals surface area contributed by atoms with Gasteiger partial charge in [0.05, 0.1) is 0 Å². The van der Waals surface area contributed by atoms with Crippen LogP contribution in [0.4, 0.5) is 0 Å². The molecule has 0 bridgehead atoms. The van der Waals surface area contributed by atoms with E-state index in [9.17, 15) is 14.4 Å². The van der Waals surface area contributed by atoms with Crippen LogP contribution < -0.4 is 15.4 Å². The van der Waals surface area contributed by atoms with E-state index in [1.54, 1.807) is 12.1 Å². The number of ether oxygens (including phenoxy) is 1. The Bertz CT molecular complexity index is 860. The molecule has 2 aromatic carbocycles. The lowest BCUT2D eigenvalue weighted by Crippen LogP contribution is -2.36. The molecular formula is C23H28N2O4. The van der Waals surface area contributed by atoms with Crippen molar-refractivity contribution in [3.05, 3.63) is 64.7 Å². The first-order chi connectivity index (χ1) is 13.8. The van der Waals surface area contributed by atoms with Crippen molar-refractivity contribution in [2.24, 2.45) is 0 Å². The first kappa shape index (κ1) is 22.1. The third kappa shape index (κ3) is 7.78. The third-order valence-corrected chi connectivity index (χ3v) is 4.41. The summed E-state index contributed by atoms with van der Waals surface area (Å²) in [5.41, 5.74) is 3.81. The molecule has 0 saturated carbocycles. The molecular weight excluding hydrogens is 368 g/mol. The number of benzene rings is 2. The average molecular weight is 396 g/mol. The van der Waals surface area contributed by atoms with E-state index in [1.807, 2.05) is 51.1 Å². The zero-order valence-corrected chi connectivity index (χ0v) is 17.2. The van der Waals surface area contributed by atoms with Crippen molar-refractivity contribution in [1.29, 1.82) is 0 Å².